The molecule has 0 saturated heterocycles. The second kappa shape index (κ2) is 8.88. The van der Waals surface area contributed by atoms with Gasteiger partial charge in [-0.05, 0) is 24.1 Å². The lowest BCUT2D eigenvalue weighted by molar-refractivity contribution is 0.204. The molecule has 4 heteroatoms. The van der Waals surface area contributed by atoms with Crippen LogP contribution in [0.15, 0.2) is 18.5 Å². The SMILES string of the molecule is CCNCc1ccncc1N(CCOC)CC(C)C. The number of nitrogens with zero attached hydrogens (tertiary/aromatic N) is 2. The number of nitrogens with one attached hydrogen (secondary N) is 1. The summed E-state index contributed by atoms with van der Waals surface area (Å²) >= 11 is 0. The summed E-state index contributed by atoms with van der Waals surface area (Å²) < 4.78 is 5.22. The van der Waals surface area contributed by atoms with Crippen molar-refractivity contribution in [2.45, 2.75) is 27.3 Å². The summed E-state index contributed by atoms with van der Waals surface area (Å²) in [6, 6.07) is 2.10. The maximum absolute atomic E-state index is 5.22. The number of hydrogen-bond acceptors (Lipinski definition) is 4. The van der Waals surface area contributed by atoms with Gasteiger partial charge in [-0.2, -0.15) is 0 Å². The van der Waals surface area contributed by atoms with Crippen molar-refractivity contribution in [3.05, 3.63) is 24.0 Å². The normalized spacial score (nSPS) is 11.0. The second-order valence-corrected chi connectivity index (χ2v) is 5.12. The minimum atomic E-state index is 0.615. The van der Waals surface area contributed by atoms with Crippen molar-refractivity contribution in [1.29, 1.82) is 0 Å². The van der Waals surface area contributed by atoms with E-state index in [1.165, 1.54) is 11.3 Å². The van der Waals surface area contributed by atoms with Gasteiger partial charge in [-0.1, -0.05) is 20.8 Å². The summed E-state index contributed by atoms with van der Waals surface area (Å²) in [4.78, 5) is 6.65. The van der Waals surface area contributed by atoms with Crippen LogP contribution in [0.5, 0.6) is 0 Å². The summed E-state index contributed by atoms with van der Waals surface area (Å²) in [5.41, 5.74) is 2.52. The number of aromatic nitrogens is 1. The van der Waals surface area contributed by atoms with Gasteiger partial charge in [-0.15, -0.1) is 0 Å². The van der Waals surface area contributed by atoms with E-state index in [4.69, 9.17) is 4.74 Å². The highest BCUT2D eigenvalue weighted by Crippen LogP contribution is 2.20. The molecule has 1 aromatic heterocycles. The Morgan fingerprint density at radius 3 is 2.84 bits per heavy atom. The number of anilines is 1. The van der Waals surface area contributed by atoms with Gasteiger partial charge in [0.15, 0.2) is 0 Å². The fourth-order valence-corrected chi connectivity index (χ4v) is 2.06. The van der Waals surface area contributed by atoms with E-state index >= 15 is 0 Å². The minimum absolute atomic E-state index is 0.615. The lowest BCUT2D eigenvalue weighted by Crippen LogP contribution is -2.32. The summed E-state index contributed by atoms with van der Waals surface area (Å²) in [6.45, 7) is 11.1. The molecule has 0 amide bonds. The first kappa shape index (κ1) is 15.9. The molecule has 0 radical (unpaired) electrons. The van der Waals surface area contributed by atoms with Gasteiger partial charge in [-0.3, -0.25) is 4.98 Å². The van der Waals surface area contributed by atoms with E-state index in [-0.39, 0.29) is 0 Å². The molecule has 19 heavy (non-hydrogen) atoms. The third-order valence-corrected chi connectivity index (χ3v) is 2.94. The van der Waals surface area contributed by atoms with Gasteiger partial charge in [0.05, 0.1) is 18.5 Å². The number of methoxy groups -OCH3 is 1. The van der Waals surface area contributed by atoms with Crippen molar-refractivity contribution in [2.75, 3.05) is 38.3 Å². The van der Waals surface area contributed by atoms with Gasteiger partial charge in [-0.25, -0.2) is 0 Å². The van der Waals surface area contributed by atoms with E-state index in [0.717, 1.165) is 32.8 Å². The molecule has 0 aliphatic rings. The zero-order valence-electron chi connectivity index (χ0n) is 12.6. The van der Waals surface area contributed by atoms with Gasteiger partial charge in [0, 0.05) is 32.9 Å². The van der Waals surface area contributed by atoms with Crippen LogP contribution in [-0.2, 0) is 11.3 Å². The molecule has 0 unspecified atom stereocenters. The van der Waals surface area contributed by atoms with E-state index in [9.17, 15) is 0 Å². The van der Waals surface area contributed by atoms with E-state index in [0.29, 0.717) is 5.92 Å². The topological polar surface area (TPSA) is 37.4 Å². The molecule has 0 fully saturated rings. The van der Waals surface area contributed by atoms with E-state index in [2.05, 4.69) is 42.0 Å². The summed E-state index contributed by atoms with van der Waals surface area (Å²) in [6.07, 6.45) is 3.82. The summed E-state index contributed by atoms with van der Waals surface area (Å²) in [7, 11) is 1.75. The molecule has 4 nitrogen and oxygen atoms in total. The molecule has 1 heterocycles. The Hall–Kier alpha value is -1.13. The zero-order valence-corrected chi connectivity index (χ0v) is 12.6. The molecule has 1 rings (SSSR count). The van der Waals surface area contributed by atoms with Crippen LogP contribution >= 0.6 is 0 Å². The molecule has 0 aliphatic carbocycles. The van der Waals surface area contributed by atoms with Gasteiger partial charge in [0.25, 0.3) is 0 Å². The predicted octanol–water partition coefficient (Wildman–Crippen LogP) is 2.30. The second-order valence-electron chi connectivity index (χ2n) is 5.12. The number of ether oxygens (including phenoxy) is 1. The number of hydrogen-bond donors (Lipinski definition) is 1. The van der Waals surface area contributed by atoms with Gasteiger partial charge in [0.2, 0.25) is 0 Å². The molecule has 0 bridgehead atoms. The average Bonchev–Trinajstić information content (AvgIpc) is 2.41. The van der Waals surface area contributed by atoms with Crippen molar-refractivity contribution in [1.82, 2.24) is 10.3 Å². The third kappa shape index (κ3) is 5.57. The Bertz CT molecular complexity index is 355. The van der Waals surface area contributed by atoms with Crippen LogP contribution < -0.4 is 10.2 Å². The largest absolute Gasteiger partial charge is 0.383 e. The van der Waals surface area contributed by atoms with Crippen LogP contribution in [0.25, 0.3) is 0 Å². The quantitative estimate of drug-likeness (QED) is 0.743. The fourth-order valence-electron chi connectivity index (χ4n) is 2.06. The minimum Gasteiger partial charge on any atom is -0.383 e. The van der Waals surface area contributed by atoms with Crippen LogP contribution in [0.2, 0.25) is 0 Å². The van der Waals surface area contributed by atoms with Crippen molar-refractivity contribution in [3.8, 4) is 0 Å². The van der Waals surface area contributed by atoms with Gasteiger partial charge >= 0.3 is 0 Å². The first-order valence-electron chi connectivity index (χ1n) is 7.06. The molecular formula is C15H27N3O. The molecule has 0 saturated carbocycles. The van der Waals surface area contributed by atoms with E-state index < -0.39 is 0 Å². The Balaban J connectivity index is 2.86. The predicted molar refractivity (Wildman–Crippen MR) is 80.5 cm³/mol. The summed E-state index contributed by atoms with van der Waals surface area (Å²) in [5, 5.41) is 3.38. The molecular weight excluding hydrogens is 238 g/mol. The van der Waals surface area contributed by atoms with E-state index in [1.807, 2.05) is 12.4 Å². The first-order chi connectivity index (χ1) is 9.19. The Kier molecular flexibility index (Phi) is 7.45. The standard InChI is InChI=1S/C15H27N3O/c1-5-16-10-14-6-7-17-11-15(14)18(8-9-19-4)12-13(2)3/h6-7,11,13,16H,5,8-10,12H2,1-4H3. The zero-order chi connectivity index (χ0) is 14.1. The molecule has 1 N–H and O–H groups in total. The first-order valence-corrected chi connectivity index (χ1v) is 7.06. The highest BCUT2D eigenvalue weighted by Gasteiger charge is 2.12. The lowest BCUT2D eigenvalue weighted by Gasteiger charge is -2.28. The molecule has 0 aliphatic heterocycles. The molecule has 0 spiro atoms. The van der Waals surface area contributed by atoms with Crippen molar-refractivity contribution in [3.63, 3.8) is 0 Å². The Morgan fingerprint density at radius 1 is 1.42 bits per heavy atom. The smallest absolute Gasteiger partial charge is 0.0637 e. The van der Waals surface area contributed by atoms with Crippen molar-refractivity contribution >= 4 is 5.69 Å². The number of rotatable bonds is 9. The van der Waals surface area contributed by atoms with Crippen LogP contribution in [-0.4, -0.2) is 38.3 Å². The highest BCUT2D eigenvalue weighted by molar-refractivity contribution is 5.51. The molecule has 0 aromatic carbocycles. The van der Waals surface area contributed by atoms with Crippen molar-refractivity contribution in [2.24, 2.45) is 5.92 Å². The molecule has 0 atom stereocenters. The third-order valence-electron chi connectivity index (χ3n) is 2.94. The molecule has 1 aromatic rings. The average molecular weight is 265 g/mol. The fraction of sp³-hybridized carbons (Fsp3) is 0.667. The molecule has 108 valence electrons. The van der Waals surface area contributed by atoms with E-state index in [1.54, 1.807) is 7.11 Å². The maximum Gasteiger partial charge on any atom is 0.0637 e. The van der Waals surface area contributed by atoms with Crippen LogP contribution in [0.4, 0.5) is 5.69 Å². The lowest BCUT2D eigenvalue weighted by atomic mass is 10.1. The Morgan fingerprint density at radius 2 is 2.21 bits per heavy atom. The Labute approximate surface area is 117 Å². The van der Waals surface area contributed by atoms with Crippen molar-refractivity contribution < 1.29 is 4.74 Å². The highest BCUT2D eigenvalue weighted by atomic mass is 16.5. The number of pyridine rings is 1. The van der Waals surface area contributed by atoms with Crippen LogP contribution in [0, 0.1) is 5.92 Å². The van der Waals surface area contributed by atoms with Crippen LogP contribution in [0.3, 0.4) is 0 Å². The van der Waals surface area contributed by atoms with Crippen LogP contribution in [0.1, 0.15) is 26.3 Å². The maximum atomic E-state index is 5.22. The summed E-state index contributed by atoms with van der Waals surface area (Å²) in [5.74, 6) is 0.615. The monoisotopic (exact) mass is 265 g/mol. The van der Waals surface area contributed by atoms with Gasteiger partial charge < -0.3 is 15.0 Å². The van der Waals surface area contributed by atoms with Gasteiger partial charge in [0.1, 0.15) is 0 Å².